The zero-order chi connectivity index (χ0) is 23.7. The SMILES string of the molecule is CC(C)CC(N)C(=O)NC(Cc1cnc[nH]1)C(=O)NC(C(=O)NC(C)C(=O)O)C(C)C. The molecular formula is C20H34N6O5. The lowest BCUT2D eigenvalue weighted by Crippen LogP contribution is -2.58. The minimum absolute atomic E-state index is 0.115. The zero-order valence-electron chi connectivity index (χ0n) is 18.6. The number of aliphatic carboxylic acids is 1. The largest absolute Gasteiger partial charge is 0.480 e. The van der Waals surface area contributed by atoms with Gasteiger partial charge >= 0.3 is 5.97 Å². The number of carbonyl (C=O) groups is 4. The molecule has 1 aromatic heterocycles. The van der Waals surface area contributed by atoms with E-state index in [1.807, 2.05) is 13.8 Å². The van der Waals surface area contributed by atoms with Crippen molar-refractivity contribution in [2.24, 2.45) is 17.6 Å². The first-order valence-corrected chi connectivity index (χ1v) is 10.3. The van der Waals surface area contributed by atoms with E-state index in [1.54, 1.807) is 13.8 Å². The molecule has 1 rings (SSSR count). The number of nitrogens with zero attached hydrogens (tertiary/aromatic N) is 1. The van der Waals surface area contributed by atoms with E-state index in [0.717, 1.165) is 0 Å². The summed E-state index contributed by atoms with van der Waals surface area (Å²) < 4.78 is 0. The summed E-state index contributed by atoms with van der Waals surface area (Å²) in [7, 11) is 0. The van der Waals surface area contributed by atoms with Crippen molar-refractivity contribution in [3.63, 3.8) is 0 Å². The van der Waals surface area contributed by atoms with Crippen LogP contribution < -0.4 is 21.7 Å². The standard InChI is InChI=1S/C20H34N6O5/c1-10(2)6-14(21)17(27)25-15(7-13-8-22-9-23-13)18(28)26-16(11(3)4)19(29)24-12(5)20(30)31/h8-12,14-16H,6-7,21H2,1-5H3,(H,22,23)(H,24,29)(H,25,27)(H,26,28)(H,30,31). The molecule has 1 aromatic rings. The van der Waals surface area contributed by atoms with E-state index >= 15 is 0 Å². The highest BCUT2D eigenvalue weighted by Crippen LogP contribution is 2.07. The summed E-state index contributed by atoms with van der Waals surface area (Å²) in [5.74, 6) is -3.00. The van der Waals surface area contributed by atoms with Crippen LogP contribution >= 0.6 is 0 Å². The molecule has 0 bridgehead atoms. The highest BCUT2D eigenvalue weighted by Gasteiger charge is 2.31. The van der Waals surface area contributed by atoms with Gasteiger partial charge in [0.25, 0.3) is 0 Å². The molecule has 11 nitrogen and oxygen atoms in total. The fourth-order valence-corrected chi connectivity index (χ4v) is 2.87. The minimum Gasteiger partial charge on any atom is -0.480 e. The van der Waals surface area contributed by atoms with Crippen LogP contribution in [0.4, 0.5) is 0 Å². The molecule has 31 heavy (non-hydrogen) atoms. The molecular weight excluding hydrogens is 404 g/mol. The Bertz CT molecular complexity index is 749. The molecule has 0 fully saturated rings. The third-order valence-corrected chi connectivity index (χ3v) is 4.65. The Morgan fingerprint density at radius 3 is 2.16 bits per heavy atom. The first kappa shape index (κ1) is 26.1. The molecule has 1 heterocycles. The highest BCUT2D eigenvalue weighted by molar-refractivity contribution is 5.94. The molecule has 0 aromatic carbocycles. The van der Waals surface area contributed by atoms with E-state index in [-0.39, 0.29) is 18.3 Å². The van der Waals surface area contributed by atoms with Crippen molar-refractivity contribution in [3.05, 3.63) is 18.2 Å². The number of aromatic amines is 1. The average molecular weight is 439 g/mol. The predicted octanol–water partition coefficient (Wildman–Crippen LogP) is -0.459. The molecule has 0 radical (unpaired) electrons. The van der Waals surface area contributed by atoms with Crippen LogP contribution in [0, 0.1) is 11.8 Å². The van der Waals surface area contributed by atoms with Gasteiger partial charge in [-0.15, -0.1) is 0 Å². The summed E-state index contributed by atoms with van der Waals surface area (Å²) in [5.41, 5.74) is 6.55. The van der Waals surface area contributed by atoms with E-state index in [2.05, 4.69) is 25.9 Å². The van der Waals surface area contributed by atoms with E-state index in [4.69, 9.17) is 10.8 Å². The fraction of sp³-hybridized carbons (Fsp3) is 0.650. The smallest absolute Gasteiger partial charge is 0.325 e. The monoisotopic (exact) mass is 438 g/mol. The minimum atomic E-state index is -1.19. The van der Waals surface area contributed by atoms with Gasteiger partial charge in [-0.3, -0.25) is 19.2 Å². The maximum Gasteiger partial charge on any atom is 0.325 e. The summed E-state index contributed by atoms with van der Waals surface area (Å²) in [6.45, 7) is 8.64. The predicted molar refractivity (Wildman–Crippen MR) is 114 cm³/mol. The van der Waals surface area contributed by atoms with Crippen LogP contribution in [-0.2, 0) is 25.6 Å². The second kappa shape index (κ2) is 12.0. The Morgan fingerprint density at radius 2 is 1.68 bits per heavy atom. The number of hydrogen-bond acceptors (Lipinski definition) is 6. The van der Waals surface area contributed by atoms with Crippen molar-refractivity contribution >= 4 is 23.7 Å². The molecule has 4 atom stereocenters. The summed E-state index contributed by atoms with van der Waals surface area (Å²) in [5, 5.41) is 16.6. The number of imidazole rings is 1. The summed E-state index contributed by atoms with van der Waals surface area (Å²) >= 11 is 0. The first-order chi connectivity index (χ1) is 14.4. The van der Waals surface area contributed by atoms with Gasteiger partial charge in [0.05, 0.1) is 12.4 Å². The van der Waals surface area contributed by atoms with Gasteiger partial charge in [-0.2, -0.15) is 0 Å². The van der Waals surface area contributed by atoms with Crippen LogP contribution in [0.3, 0.4) is 0 Å². The second-order valence-electron chi connectivity index (χ2n) is 8.38. The second-order valence-corrected chi connectivity index (χ2v) is 8.38. The summed E-state index contributed by atoms with van der Waals surface area (Å²) in [6, 6.07) is -3.88. The van der Waals surface area contributed by atoms with Crippen LogP contribution in [0.25, 0.3) is 0 Å². The summed E-state index contributed by atoms with van der Waals surface area (Å²) in [6.07, 6.45) is 3.55. The van der Waals surface area contributed by atoms with E-state index < -0.39 is 47.9 Å². The van der Waals surface area contributed by atoms with E-state index in [9.17, 15) is 19.2 Å². The molecule has 3 amide bonds. The quantitative estimate of drug-likeness (QED) is 0.255. The number of rotatable bonds is 12. The van der Waals surface area contributed by atoms with E-state index in [0.29, 0.717) is 12.1 Å². The van der Waals surface area contributed by atoms with Crippen molar-refractivity contribution in [3.8, 4) is 0 Å². The maximum atomic E-state index is 13.0. The van der Waals surface area contributed by atoms with Crippen LogP contribution in [0.15, 0.2) is 12.5 Å². The topological polar surface area (TPSA) is 179 Å². The van der Waals surface area contributed by atoms with Crippen molar-refractivity contribution < 1.29 is 24.3 Å². The molecule has 174 valence electrons. The fourth-order valence-electron chi connectivity index (χ4n) is 2.87. The molecule has 0 aliphatic carbocycles. The van der Waals surface area contributed by atoms with Gasteiger partial charge < -0.3 is 31.8 Å². The highest BCUT2D eigenvalue weighted by atomic mass is 16.4. The van der Waals surface area contributed by atoms with E-state index in [1.165, 1.54) is 19.4 Å². The Hall–Kier alpha value is -2.95. The first-order valence-electron chi connectivity index (χ1n) is 10.3. The number of carboxylic acids is 1. The zero-order valence-corrected chi connectivity index (χ0v) is 18.6. The number of amides is 3. The van der Waals surface area contributed by atoms with Crippen LogP contribution in [-0.4, -0.2) is 62.9 Å². The van der Waals surface area contributed by atoms with Crippen LogP contribution in [0.5, 0.6) is 0 Å². The molecule has 4 unspecified atom stereocenters. The number of aromatic nitrogens is 2. The van der Waals surface area contributed by atoms with Crippen LogP contribution in [0.1, 0.15) is 46.7 Å². The molecule has 11 heteroatoms. The molecule has 0 spiro atoms. The maximum absolute atomic E-state index is 13.0. The molecule has 0 saturated heterocycles. The Labute approximate surface area is 181 Å². The van der Waals surface area contributed by atoms with Gasteiger partial charge in [0.2, 0.25) is 17.7 Å². The van der Waals surface area contributed by atoms with Crippen LogP contribution in [0.2, 0.25) is 0 Å². The number of carboxylic acid groups (broad SMARTS) is 1. The summed E-state index contributed by atoms with van der Waals surface area (Å²) in [4.78, 5) is 55.8. The number of nitrogens with one attached hydrogen (secondary N) is 4. The third kappa shape index (κ3) is 8.75. The Balaban J connectivity index is 2.96. The average Bonchev–Trinajstić information content (AvgIpc) is 3.17. The van der Waals surface area contributed by atoms with Gasteiger partial charge in [0.15, 0.2) is 0 Å². The lowest BCUT2D eigenvalue weighted by Gasteiger charge is -2.26. The molecule has 0 aliphatic rings. The lowest BCUT2D eigenvalue weighted by molar-refractivity contribution is -0.142. The number of H-pyrrole nitrogens is 1. The molecule has 0 aliphatic heterocycles. The van der Waals surface area contributed by atoms with Crippen molar-refractivity contribution in [1.29, 1.82) is 0 Å². The normalized spacial score (nSPS) is 15.1. The Kier molecular flexibility index (Phi) is 10.1. The lowest BCUT2D eigenvalue weighted by atomic mass is 10.0. The van der Waals surface area contributed by atoms with Crippen molar-refractivity contribution in [2.45, 2.75) is 71.6 Å². The van der Waals surface area contributed by atoms with Gasteiger partial charge in [-0.25, -0.2) is 4.98 Å². The van der Waals surface area contributed by atoms with Gasteiger partial charge in [-0.05, 0) is 25.2 Å². The van der Waals surface area contributed by atoms with Crippen molar-refractivity contribution in [2.75, 3.05) is 0 Å². The van der Waals surface area contributed by atoms with Crippen molar-refractivity contribution in [1.82, 2.24) is 25.9 Å². The molecule has 7 N–H and O–H groups in total. The number of carbonyl (C=O) groups excluding carboxylic acids is 3. The number of nitrogens with two attached hydrogens (primary N) is 1. The third-order valence-electron chi connectivity index (χ3n) is 4.65. The Morgan fingerprint density at radius 1 is 1.03 bits per heavy atom. The molecule has 0 saturated carbocycles. The van der Waals surface area contributed by atoms with Gasteiger partial charge in [0, 0.05) is 18.3 Å². The number of hydrogen-bond donors (Lipinski definition) is 6. The van der Waals surface area contributed by atoms with Gasteiger partial charge in [0.1, 0.15) is 18.1 Å². The van der Waals surface area contributed by atoms with Gasteiger partial charge in [-0.1, -0.05) is 27.7 Å².